The summed E-state index contributed by atoms with van der Waals surface area (Å²) in [6.45, 7) is 6.89. The fourth-order valence-electron chi connectivity index (χ4n) is 2.20. The van der Waals surface area contributed by atoms with E-state index in [0.717, 1.165) is 10.8 Å². The molecule has 0 aromatic heterocycles. The molecule has 0 bridgehead atoms. The summed E-state index contributed by atoms with van der Waals surface area (Å²) in [4.78, 5) is 0. The zero-order chi connectivity index (χ0) is 12.6. The van der Waals surface area contributed by atoms with Crippen molar-refractivity contribution in [2.45, 2.75) is 19.6 Å². The monoisotopic (exact) mass is 244 g/mol. The van der Waals surface area contributed by atoms with E-state index in [1.807, 2.05) is 30.3 Å². The zero-order valence-electron chi connectivity index (χ0n) is 10.4. The SMILES string of the molecule is C[Si](C)(C)c1ccc(B(O)O)c2ccccc12. The van der Waals surface area contributed by atoms with Gasteiger partial charge in [-0.1, -0.05) is 61.2 Å². The third-order valence-corrected chi connectivity index (χ3v) is 5.10. The van der Waals surface area contributed by atoms with Gasteiger partial charge in [0, 0.05) is 0 Å². The molecule has 0 radical (unpaired) electrons. The summed E-state index contributed by atoms with van der Waals surface area (Å²) in [6.07, 6.45) is 0. The van der Waals surface area contributed by atoms with Gasteiger partial charge < -0.3 is 10.0 Å². The summed E-state index contributed by atoms with van der Waals surface area (Å²) in [5.74, 6) is 0. The third kappa shape index (κ3) is 2.29. The Morgan fingerprint density at radius 1 is 0.882 bits per heavy atom. The van der Waals surface area contributed by atoms with Crippen molar-refractivity contribution in [1.29, 1.82) is 0 Å². The standard InChI is InChI=1S/C13H17BO2Si/c1-17(2,3)13-9-8-12(14(15)16)10-6-4-5-7-11(10)13/h4-9,15-16H,1-3H3. The van der Waals surface area contributed by atoms with Crippen molar-refractivity contribution in [1.82, 2.24) is 0 Å². The van der Waals surface area contributed by atoms with E-state index in [0.29, 0.717) is 5.46 Å². The highest BCUT2D eigenvalue weighted by Crippen LogP contribution is 2.14. The second-order valence-electron chi connectivity index (χ2n) is 5.37. The first-order chi connectivity index (χ1) is 7.91. The van der Waals surface area contributed by atoms with Gasteiger partial charge in [-0.05, 0) is 16.2 Å². The lowest BCUT2D eigenvalue weighted by Crippen LogP contribution is -2.40. The Balaban J connectivity index is 2.80. The van der Waals surface area contributed by atoms with Gasteiger partial charge in [-0.15, -0.1) is 0 Å². The topological polar surface area (TPSA) is 40.5 Å². The average Bonchev–Trinajstić information content (AvgIpc) is 2.26. The van der Waals surface area contributed by atoms with Crippen LogP contribution in [0.25, 0.3) is 10.8 Å². The van der Waals surface area contributed by atoms with E-state index in [4.69, 9.17) is 0 Å². The van der Waals surface area contributed by atoms with Gasteiger partial charge in [-0.3, -0.25) is 0 Å². The predicted molar refractivity (Wildman–Crippen MR) is 76.8 cm³/mol. The third-order valence-electron chi connectivity index (χ3n) is 3.04. The van der Waals surface area contributed by atoms with Gasteiger partial charge in [0.05, 0.1) is 8.07 Å². The van der Waals surface area contributed by atoms with Crippen LogP contribution in [0, 0.1) is 0 Å². The Hall–Kier alpha value is -1.10. The lowest BCUT2D eigenvalue weighted by atomic mass is 9.77. The zero-order valence-corrected chi connectivity index (χ0v) is 11.4. The maximum absolute atomic E-state index is 9.38. The van der Waals surface area contributed by atoms with Crippen LogP contribution >= 0.6 is 0 Å². The molecule has 0 heterocycles. The summed E-state index contributed by atoms with van der Waals surface area (Å²) in [6, 6.07) is 11.8. The second kappa shape index (κ2) is 4.29. The highest BCUT2D eigenvalue weighted by molar-refractivity contribution is 6.90. The van der Waals surface area contributed by atoms with E-state index in [1.165, 1.54) is 5.19 Å². The van der Waals surface area contributed by atoms with E-state index in [-0.39, 0.29) is 0 Å². The molecule has 2 aromatic carbocycles. The van der Waals surface area contributed by atoms with Gasteiger partial charge in [0.25, 0.3) is 0 Å². The first-order valence-electron chi connectivity index (χ1n) is 5.79. The van der Waals surface area contributed by atoms with Gasteiger partial charge in [-0.25, -0.2) is 0 Å². The van der Waals surface area contributed by atoms with Gasteiger partial charge in [0.2, 0.25) is 0 Å². The van der Waals surface area contributed by atoms with E-state index in [1.54, 1.807) is 0 Å². The summed E-state index contributed by atoms with van der Waals surface area (Å²) in [5.41, 5.74) is 0.586. The number of hydrogen-bond donors (Lipinski definition) is 2. The lowest BCUT2D eigenvalue weighted by molar-refractivity contribution is 0.426. The normalized spacial score (nSPS) is 11.8. The Bertz CT molecular complexity index is 547. The molecule has 0 aliphatic heterocycles. The van der Waals surface area contributed by atoms with Gasteiger partial charge in [0.1, 0.15) is 0 Å². The Morgan fingerprint density at radius 3 is 2.00 bits per heavy atom. The van der Waals surface area contributed by atoms with Crippen molar-refractivity contribution in [2.75, 3.05) is 0 Å². The van der Waals surface area contributed by atoms with Crippen LogP contribution in [0.3, 0.4) is 0 Å². The Morgan fingerprint density at radius 2 is 1.47 bits per heavy atom. The molecule has 0 amide bonds. The molecule has 0 aliphatic carbocycles. The minimum absolute atomic E-state index is 0.586. The minimum Gasteiger partial charge on any atom is -0.423 e. The molecule has 2 aromatic rings. The molecule has 0 saturated heterocycles. The number of rotatable bonds is 2. The molecule has 0 fully saturated rings. The van der Waals surface area contributed by atoms with Crippen molar-refractivity contribution in [3.05, 3.63) is 36.4 Å². The highest BCUT2D eigenvalue weighted by Gasteiger charge is 2.22. The molecule has 0 unspecified atom stereocenters. The maximum Gasteiger partial charge on any atom is 0.489 e. The predicted octanol–water partition coefficient (Wildman–Crippen LogP) is 1.06. The van der Waals surface area contributed by atoms with Gasteiger partial charge in [-0.2, -0.15) is 0 Å². The van der Waals surface area contributed by atoms with Crippen molar-refractivity contribution in [2.24, 2.45) is 0 Å². The van der Waals surface area contributed by atoms with Crippen LogP contribution in [0.1, 0.15) is 0 Å². The average molecular weight is 244 g/mol. The quantitative estimate of drug-likeness (QED) is 0.776. The first-order valence-corrected chi connectivity index (χ1v) is 9.29. The second-order valence-corrected chi connectivity index (χ2v) is 10.4. The highest BCUT2D eigenvalue weighted by atomic mass is 28.3. The van der Waals surface area contributed by atoms with Crippen molar-refractivity contribution in [3.8, 4) is 0 Å². The van der Waals surface area contributed by atoms with E-state index in [9.17, 15) is 10.0 Å². The van der Waals surface area contributed by atoms with Gasteiger partial charge >= 0.3 is 7.12 Å². The van der Waals surface area contributed by atoms with Crippen LogP contribution in [0.15, 0.2) is 36.4 Å². The molecule has 0 aliphatic rings. The number of benzene rings is 2. The molecule has 2 nitrogen and oxygen atoms in total. The fourth-order valence-corrected chi connectivity index (χ4v) is 3.81. The van der Waals surface area contributed by atoms with Crippen LogP contribution in [0.5, 0.6) is 0 Å². The molecular weight excluding hydrogens is 227 g/mol. The van der Waals surface area contributed by atoms with E-state index >= 15 is 0 Å². The molecule has 2 N–H and O–H groups in total. The maximum atomic E-state index is 9.38. The van der Waals surface area contributed by atoms with Crippen LogP contribution < -0.4 is 10.6 Å². The largest absolute Gasteiger partial charge is 0.489 e. The lowest BCUT2D eigenvalue weighted by Gasteiger charge is -2.20. The van der Waals surface area contributed by atoms with Crippen molar-refractivity contribution in [3.63, 3.8) is 0 Å². The van der Waals surface area contributed by atoms with E-state index < -0.39 is 15.2 Å². The van der Waals surface area contributed by atoms with E-state index in [2.05, 4.69) is 25.7 Å². The fraction of sp³-hybridized carbons (Fsp3) is 0.231. The number of hydrogen-bond acceptors (Lipinski definition) is 2. The molecule has 88 valence electrons. The number of fused-ring (bicyclic) bond motifs is 1. The Labute approximate surface area is 103 Å². The molecule has 0 saturated carbocycles. The van der Waals surface area contributed by atoms with Gasteiger partial charge in [0.15, 0.2) is 0 Å². The molecular formula is C13H17BO2Si. The smallest absolute Gasteiger partial charge is 0.423 e. The minimum atomic E-state index is -1.42. The van der Waals surface area contributed by atoms with Crippen LogP contribution in [0.4, 0.5) is 0 Å². The summed E-state index contributed by atoms with van der Waals surface area (Å²) in [7, 11) is -2.83. The summed E-state index contributed by atoms with van der Waals surface area (Å²) in [5, 5.41) is 22.2. The van der Waals surface area contributed by atoms with Crippen LogP contribution in [-0.2, 0) is 0 Å². The Kier molecular flexibility index (Phi) is 3.12. The van der Waals surface area contributed by atoms with Crippen molar-refractivity contribution >= 4 is 36.6 Å². The molecule has 2 rings (SSSR count). The summed E-state index contributed by atoms with van der Waals surface area (Å²) >= 11 is 0. The summed E-state index contributed by atoms with van der Waals surface area (Å²) < 4.78 is 0. The molecule has 4 heteroatoms. The van der Waals surface area contributed by atoms with Crippen LogP contribution in [0.2, 0.25) is 19.6 Å². The van der Waals surface area contributed by atoms with Crippen LogP contribution in [-0.4, -0.2) is 25.2 Å². The molecule has 0 atom stereocenters. The molecule has 0 spiro atoms. The van der Waals surface area contributed by atoms with Crippen molar-refractivity contribution < 1.29 is 10.0 Å². The molecule has 17 heavy (non-hydrogen) atoms. The first kappa shape index (κ1) is 12.4.